The Morgan fingerprint density at radius 1 is 1.23 bits per heavy atom. The van der Waals surface area contributed by atoms with Crippen molar-refractivity contribution in [2.45, 2.75) is 0 Å². The Balaban J connectivity index is 0.000000226. The van der Waals surface area contributed by atoms with Crippen molar-refractivity contribution < 1.29 is 14.3 Å². The first-order chi connectivity index (χ1) is 6.31. The number of carbonyl (C=O) groups excluding carboxylic acids is 2. The number of hydrogen-bond donors (Lipinski definition) is 0. The smallest absolute Gasteiger partial charge is 0.293 e. The molecule has 0 amide bonds. The molecular weight excluding hydrogens is 236 g/mol. The zero-order valence-electron chi connectivity index (χ0n) is 6.85. The lowest BCUT2D eigenvalue weighted by molar-refractivity contribution is -0.132. The van der Waals surface area contributed by atoms with Crippen LogP contribution in [0.3, 0.4) is 0 Å². The minimum atomic E-state index is -0.135. The summed E-state index contributed by atoms with van der Waals surface area (Å²) < 4.78 is 5.07. The third-order valence-electron chi connectivity index (χ3n) is 0.965. The molecule has 0 aromatic heterocycles. The number of aldehydes is 1. The van der Waals surface area contributed by atoms with Crippen LogP contribution in [-0.2, 0) is 14.3 Å². The molecule has 0 N–H and O–H groups in total. The molecule has 0 saturated heterocycles. The SMILES string of the molecule is Brc1ccccc1.O=CCOC=O. The van der Waals surface area contributed by atoms with Crippen LogP contribution >= 0.6 is 15.9 Å². The predicted octanol–water partition coefficient (Wildman–Crippen LogP) is 1.81. The largest absolute Gasteiger partial charge is 0.460 e. The second kappa shape index (κ2) is 8.93. The lowest BCUT2D eigenvalue weighted by atomic mass is 10.4. The molecule has 1 rings (SSSR count). The van der Waals surface area contributed by atoms with Crippen molar-refractivity contribution in [1.82, 2.24) is 0 Å². The molecule has 0 unspecified atom stereocenters. The van der Waals surface area contributed by atoms with Gasteiger partial charge in [0.2, 0.25) is 0 Å². The van der Waals surface area contributed by atoms with Gasteiger partial charge in [0.25, 0.3) is 6.47 Å². The van der Waals surface area contributed by atoms with Crippen molar-refractivity contribution in [3.8, 4) is 0 Å². The highest BCUT2D eigenvalue weighted by molar-refractivity contribution is 9.10. The van der Waals surface area contributed by atoms with Crippen LogP contribution in [-0.4, -0.2) is 19.4 Å². The molecule has 0 atom stereocenters. The maximum atomic E-state index is 9.28. The fraction of sp³-hybridized carbons (Fsp3) is 0.111. The maximum absolute atomic E-state index is 9.28. The average molecular weight is 245 g/mol. The van der Waals surface area contributed by atoms with Crippen molar-refractivity contribution >= 4 is 28.7 Å². The Labute approximate surface area is 84.8 Å². The van der Waals surface area contributed by atoms with Crippen LogP contribution in [0.4, 0.5) is 0 Å². The minimum absolute atomic E-state index is 0.135. The topological polar surface area (TPSA) is 43.4 Å². The van der Waals surface area contributed by atoms with Gasteiger partial charge < -0.3 is 4.74 Å². The van der Waals surface area contributed by atoms with E-state index in [1.54, 1.807) is 0 Å². The monoisotopic (exact) mass is 244 g/mol. The van der Waals surface area contributed by atoms with Crippen LogP contribution in [0, 0.1) is 0 Å². The summed E-state index contributed by atoms with van der Waals surface area (Å²) in [6.45, 7) is 0.0951. The van der Waals surface area contributed by atoms with Gasteiger partial charge >= 0.3 is 0 Å². The van der Waals surface area contributed by atoms with E-state index >= 15 is 0 Å². The second-order valence-corrected chi connectivity index (χ2v) is 2.81. The van der Waals surface area contributed by atoms with Crippen molar-refractivity contribution in [2.24, 2.45) is 0 Å². The summed E-state index contributed by atoms with van der Waals surface area (Å²) in [6, 6.07) is 9.97. The van der Waals surface area contributed by atoms with E-state index in [1.807, 2.05) is 30.3 Å². The van der Waals surface area contributed by atoms with Gasteiger partial charge in [-0.3, -0.25) is 9.59 Å². The summed E-state index contributed by atoms with van der Waals surface area (Å²) in [7, 11) is 0. The first-order valence-electron chi connectivity index (χ1n) is 3.50. The van der Waals surface area contributed by atoms with E-state index in [0.717, 1.165) is 4.47 Å². The van der Waals surface area contributed by atoms with Crippen LogP contribution in [0.5, 0.6) is 0 Å². The molecule has 0 aliphatic carbocycles. The third kappa shape index (κ3) is 8.75. The van der Waals surface area contributed by atoms with Gasteiger partial charge in [0, 0.05) is 4.47 Å². The first kappa shape index (κ1) is 11.8. The van der Waals surface area contributed by atoms with Gasteiger partial charge in [-0.15, -0.1) is 0 Å². The van der Waals surface area contributed by atoms with Gasteiger partial charge in [-0.05, 0) is 12.1 Å². The van der Waals surface area contributed by atoms with Gasteiger partial charge in [0.15, 0.2) is 6.29 Å². The molecule has 13 heavy (non-hydrogen) atoms. The van der Waals surface area contributed by atoms with Crippen molar-refractivity contribution in [2.75, 3.05) is 6.61 Å². The molecule has 3 nitrogen and oxygen atoms in total. The molecule has 0 spiro atoms. The molecule has 0 aliphatic heterocycles. The number of halogens is 1. The summed E-state index contributed by atoms with van der Waals surface area (Å²) in [5, 5.41) is 0. The number of benzene rings is 1. The normalized spacial score (nSPS) is 7.77. The molecule has 4 heteroatoms. The van der Waals surface area contributed by atoms with Crippen LogP contribution in [0.15, 0.2) is 34.8 Å². The molecule has 1 aromatic rings. The molecule has 0 bridgehead atoms. The van der Waals surface area contributed by atoms with E-state index in [9.17, 15) is 9.59 Å². The van der Waals surface area contributed by atoms with Crippen molar-refractivity contribution in [3.63, 3.8) is 0 Å². The fourth-order valence-electron chi connectivity index (χ4n) is 0.493. The molecule has 1 aromatic carbocycles. The van der Waals surface area contributed by atoms with E-state index in [2.05, 4.69) is 20.7 Å². The average Bonchev–Trinajstić information content (AvgIpc) is 2.17. The molecule has 0 fully saturated rings. The van der Waals surface area contributed by atoms with Gasteiger partial charge in [-0.25, -0.2) is 0 Å². The third-order valence-corrected chi connectivity index (χ3v) is 1.49. The van der Waals surface area contributed by atoms with E-state index in [4.69, 9.17) is 0 Å². The fourth-order valence-corrected chi connectivity index (χ4v) is 0.798. The summed E-state index contributed by atoms with van der Waals surface area (Å²) in [5.74, 6) is 0. The quantitative estimate of drug-likeness (QED) is 0.602. The number of carbonyl (C=O) groups is 2. The Morgan fingerprint density at radius 3 is 2.08 bits per heavy atom. The molecule has 0 saturated carbocycles. The van der Waals surface area contributed by atoms with Crippen molar-refractivity contribution in [1.29, 1.82) is 0 Å². The highest BCUT2D eigenvalue weighted by Crippen LogP contribution is 2.05. The number of hydrogen-bond acceptors (Lipinski definition) is 3. The molecule has 0 aliphatic rings. The van der Waals surface area contributed by atoms with E-state index in [-0.39, 0.29) is 13.1 Å². The summed E-state index contributed by atoms with van der Waals surface area (Å²) >= 11 is 3.31. The first-order valence-corrected chi connectivity index (χ1v) is 4.30. The van der Waals surface area contributed by atoms with Gasteiger partial charge in [0.1, 0.15) is 6.61 Å². The van der Waals surface area contributed by atoms with E-state index in [0.29, 0.717) is 6.29 Å². The van der Waals surface area contributed by atoms with Gasteiger partial charge in [-0.2, -0.15) is 0 Å². The van der Waals surface area contributed by atoms with Crippen LogP contribution in [0.1, 0.15) is 0 Å². The zero-order chi connectivity index (χ0) is 9.94. The second-order valence-electron chi connectivity index (χ2n) is 1.89. The van der Waals surface area contributed by atoms with Gasteiger partial charge in [0.05, 0.1) is 0 Å². The Morgan fingerprint density at radius 2 is 1.85 bits per heavy atom. The summed E-state index contributed by atoms with van der Waals surface area (Å²) in [6.07, 6.45) is 0.508. The van der Waals surface area contributed by atoms with Crippen molar-refractivity contribution in [3.05, 3.63) is 34.8 Å². The Kier molecular flexibility index (Phi) is 8.14. The molecule has 0 heterocycles. The van der Waals surface area contributed by atoms with E-state index < -0.39 is 0 Å². The Bertz CT molecular complexity index is 228. The van der Waals surface area contributed by atoms with Crippen LogP contribution in [0.25, 0.3) is 0 Å². The van der Waals surface area contributed by atoms with Crippen LogP contribution in [0.2, 0.25) is 0 Å². The maximum Gasteiger partial charge on any atom is 0.293 e. The minimum Gasteiger partial charge on any atom is -0.460 e. The molecular formula is C9H9BrO3. The lowest BCUT2D eigenvalue weighted by Crippen LogP contribution is -1.89. The van der Waals surface area contributed by atoms with E-state index in [1.165, 1.54) is 0 Å². The number of ether oxygens (including phenoxy) is 1. The lowest BCUT2D eigenvalue weighted by Gasteiger charge is -1.80. The summed E-state index contributed by atoms with van der Waals surface area (Å²) in [4.78, 5) is 18.5. The highest BCUT2D eigenvalue weighted by atomic mass is 79.9. The zero-order valence-corrected chi connectivity index (χ0v) is 8.44. The standard InChI is InChI=1S/C6H5Br.C3H4O3/c7-6-4-2-1-3-5-6;4-1-2-6-3-5/h1-5H;1,3H,2H2. The van der Waals surface area contributed by atoms with Gasteiger partial charge in [-0.1, -0.05) is 34.1 Å². The predicted molar refractivity (Wildman–Crippen MR) is 52.2 cm³/mol. The van der Waals surface area contributed by atoms with Crippen LogP contribution < -0.4 is 0 Å². The molecule has 70 valence electrons. The summed E-state index contributed by atoms with van der Waals surface area (Å²) in [5.41, 5.74) is 0. The highest BCUT2D eigenvalue weighted by Gasteiger charge is 1.74. The Hall–Kier alpha value is -1.16. The number of rotatable bonds is 3. The molecule has 0 radical (unpaired) electrons.